The van der Waals surface area contributed by atoms with E-state index in [1.807, 2.05) is 43.6 Å². The van der Waals surface area contributed by atoms with E-state index in [2.05, 4.69) is 22.5 Å². The maximum Gasteiger partial charge on any atom is 0.415 e. The number of carbonyl (C=O) groups is 1. The van der Waals surface area contributed by atoms with E-state index in [-0.39, 0.29) is 12.7 Å². The molecule has 8 heteroatoms. The molecule has 2 unspecified atom stereocenters. The lowest BCUT2D eigenvalue weighted by Crippen LogP contribution is -2.48. The van der Waals surface area contributed by atoms with Crippen molar-refractivity contribution in [1.29, 1.82) is 5.26 Å². The second-order valence-electron chi connectivity index (χ2n) is 10.00. The molecular formula is C27H33ClN4O3. The molecule has 1 saturated carbocycles. The molecule has 2 aromatic rings. The largest absolute Gasteiger partial charge is 0.441 e. The van der Waals surface area contributed by atoms with Crippen molar-refractivity contribution in [3.05, 3.63) is 52.6 Å². The quantitative estimate of drug-likeness (QED) is 0.508. The molecule has 2 fully saturated rings. The van der Waals surface area contributed by atoms with Gasteiger partial charge in [-0.2, -0.15) is 5.26 Å². The van der Waals surface area contributed by atoms with Gasteiger partial charge in [0.15, 0.2) is 0 Å². The zero-order valence-electron chi connectivity index (χ0n) is 20.5. The monoisotopic (exact) mass is 496 g/mol. The van der Waals surface area contributed by atoms with Crippen molar-refractivity contribution in [2.45, 2.75) is 70.9 Å². The van der Waals surface area contributed by atoms with Crippen molar-refractivity contribution in [1.82, 2.24) is 9.55 Å². The van der Waals surface area contributed by atoms with Crippen LogP contribution in [0, 0.1) is 23.7 Å². The minimum absolute atomic E-state index is 0.000931. The second-order valence-corrected chi connectivity index (χ2v) is 10.4. The lowest BCUT2D eigenvalue weighted by atomic mass is 9.67. The van der Waals surface area contributed by atoms with Gasteiger partial charge in [0.25, 0.3) is 0 Å². The van der Waals surface area contributed by atoms with Crippen molar-refractivity contribution in [2.24, 2.45) is 5.41 Å². The topological polar surface area (TPSA) is 91.4 Å². The van der Waals surface area contributed by atoms with E-state index < -0.39 is 11.0 Å². The van der Waals surface area contributed by atoms with Gasteiger partial charge in [-0.15, -0.1) is 0 Å². The van der Waals surface area contributed by atoms with Gasteiger partial charge in [-0.3, -0.25) is 4.90 Å². The number of carbonyl (C=O) groups excluding carboxylic acids is 1. The predicted molar refractivity (Wildman–Crippen MR) is 136 cm³/mol. The van der Waals surface area contributed by atoms with Crippen LogP contribution in [0.3, 0.4) is 0 Å². The van der Waals surface area contributed by atoms with Crippen LogP contribution in [0.2, 0.25) is 5.02 Å². The Hall–Kier alpha value is -2.82. The van der Waals surface area contributed by atoms with Crippen LogP contribution in [0.5, 0.6) is 0 Å². The molecule has 2 atom stereocenters. The maximum absolute atomic E-state index is 12.9. The average molecular weight is 497 g/mol. The van der Waals surface area contributed by atoms with Gasteiger partial charge in [-0.1, -0.05) is 37.1 Å². The summed E-state index contributed by atoms with van der Waals surface area (Å²) in [5.74, 6) is 0. The van der Waals surface area contributed by atoms with Crippen LogP contribution in [0.25, 0.3) is 6.08 Å². The number of imidazole rings is 1. The number of aliphatic hydroxyl groups is 1. The second kappa shape index (κ2) is 10.4. The third kappa shape index (κ3) is 5.24. The number of anilines is 1. The molecule has 7 nitrogen and oxygen atoms in total. The molecule has 2 heterocycles. The molecule has 1 saturated heterocycles. The highest BCUT2D eigenvalue weighted by atomic mass is 35.5. The van der Waals surface area contributed by atoms with Crippen molar-refractivity contribution in [3.63, 3.8) is 0 Å². The third-order valence-electron chi connectivity index (χ3n) is 7.19. The van der Waals surface area contributed by atoms with Crippen molar-refractivity contribution in [2.75, 3.05) is 18.1 Å². The molecule has 4 rings (SSSR count). The summed E-state index contributed by atoms with van der Waals surface area (Å²) >= 11 is 6.46. The van der Waals surface area contributed by atoms with Crippen LogP contribution < -0.4 is 4.90 Å². The van der Waals surface area contributed by atoms with E-state index in [0.29, 0.717) is 36.6 Å². The smallest absolute Gasteiger partial charge is 0.415 e. The number of aromatic nitrogens is 2. The minimum atomic E-state index is -0.659. The van der Waals surface area contributed by atoms with E-state index >= 15 is 0 Å². The molecule has 186 valence electrons. The van der Waals surface area contributed by atoms with Gasteiger partial charge in [-0.25, -0.2) is 9.78 Å². The zero-order valence-corrected chi connectivity index (χ0v) is 21.2. The molecule has 1 aromatic carbocycles. The molecule has 0 radical (unpaired) electrons. The number of nitriles is 1. The molecule has 35 heavy (non-hydrogen) atoms. The Morgan fingerprint density at radius 1 is 1.37 bits per heavy atom. The Labute approximate surface area is 212 Å². The number of halogens is 1. The van der Waals surface area contributed by atoms with Crippen molar-refractivity contribution in [3.8, 4) is 6.07 Å². The van der Waals surface area contributed by atoms with Crippen molar-refractivity contribution < 1.29 is 14.6 Å². The predicted octanol–water partition coefficient (Wildman–Crippen LogP) is 5.67. The van der Waals surface area contributed by atoms with Crippen LogP contribution in [-0.2, 0) is 17.7 Å². The Kier molecular flexibility index (Phi) is 7.53. The SMILES string of the molecule is CCCc1c(C=CCC#N)ncn1CC1(CO)CCCC2(CN(c3ccc(C)cc3Cl)C(=O)O2)C1. The fourth-order valence-corrected chi connectivity index (χ4v) is 5.96. The lowest BCUT2D eigenvalue weighted by Gasteiger charge is -2.44. The molecular weight excluding hydrogens is 464 g/mol. The molecule has 1 aliphatic carbocycles. The lowest BCUT2D eigenvalue weighted by molar-refractivity contribution is -0.0548. The number of hydrogen-bond acceptors (Lipinski definition) is 5. The first-order valence-corrected chi connectivity index (χ1v) is 12.7. The Balaban J connectivity index is 1.58. The number of benzene rings is 1. The molecule has 1 aromatic heterocycles. The van der Waals surface area contributed by atoms with Crippen molar-refractivity contribution >= 4 is 29.5 Å². The summed E-state index contributed by atoms with van der Waals surface area (Å²) < 4.78 is 8.17. The van der Waals surface area contributed by atoms with Crippen LogP contribution in [0.15, 0.2) is 30.6 Å². The van der Waals surface area contributed by atoms with Gasteiger partial charge in [0.05, 0.1) is 48.4 Å². The highest BCUT2D eigenvalue weighted by Crippen LogP contribution is 2.48. The number of aliphatic hydroxyl groups excluding tert-OH is 1. The van der Waals surface area contributed by atoms with E-state index in [0.717, 1.165) is 49.1 Å². The summed E-state index contributed by atoms with van der Waals surface area (Å²) in [5.41, 5.74) is 2.57. The first-order valence-electron chi connectivity index (χ1n) is 12.3. The third-order valence-corrected chi connectivity index (χ3v) is 7.50. The van der Waals surface area contributed by atoms with Crippen LogP contribution in [0.4, 0.5) is 10.5 Å². The summed E-state index contributed by atoms with van der Waals surface area (Å²) in [6.45, 7) is 5.11. The first kappa shape index (κ1) is 25.3. The number of nitrogens with zero attached hydrogens (tertiary/aromatic N) is 4. The summed E-state index contributed by atoms with van der Waals surface area (Å²) in [6.07, 6.45) is 10.4. The van der Waals surface area contributed by atoms with E-state index in [9.17, 15) is 9.90 Å². The molecule has 1 spiro atoms. The highest BCUT2D eigenvalue weighted by Gasteiger charge is 2.53. The number of aryl methyl sites for hydroxylation is 1. The molecule has 1 aliphatic heterocycles. The molecule has 0 bridgehead atoms. The first-order chi connectivity index (χ1) is 16.8. The summed E-state index contributed by atoms with van der Waals surface area (Å²) in [5, 5.41) is 20.0. The molecule has 1 N–H and O–H groups in total. The minimum Gasteiger partial charge on any atom is -0.441 e. The van der Waals surface area contributed by atoms with E-state index in [1.54, 1.807) is 4.90 Å². The average Bonchev–Trinajstić information content (AvgIpc) is 3.34. The van der Waals surface area contributed by atoms with Crippen LogP contribution in [0.1, 0.15) is 62.4 Å². The van der Waals surface area contributed by atoms with Gasteiger partial charge in [-0.05, 0) is 62.8 Å². The fraction of sp³-hybridized carbons (Fsp3) is 0.519. The van der Waals surface area contributed by atoms with Gasteiger partial charge in [0.2, 0.25) is 0 Å². The maximum atomic E-state index is 12.9. The Morgan fingerprint density at radius 3 is 2.91 bits per heavy atom. The van der Waals surface area contributed by atoms with Crippen LogP contribution in [-0.4, -0.2) is 39.5 Å². The highest BCUT2D eigenvalue weighted by molar-refractivity contribution is 6.33. The summed E-state index contributed by atoms with van der Waals surface area (Å²) in [7, 11) is 0. The standard InChI is InChI=1S/C27H33ClN4O3/c1-3-7-24-22(8-4-5-13-29)30-19-31(24)16-26(18-33)11-6-12-27(15-26)17-32(25(34)35-27)23-10-9-20(2)14-21(23)28/h4,8-10,14,19,33H,3,5-7,11-12,15-18H2,1-2H3. The van der Waals surface area contributed by atoms with Gasteiger partial charge in [0, 0.05) is 17.7 Å². The number of allylic oxidation sites excluding steroid dienone is 1. The Bertz CT molecular complexity index is 1150. The van der Waals surface area contributed by atoms with Crippen LogP contribution >= 0.6 is 11.6 Å². The molecule has 1 amide bonds. The fourth-order valence-electron chi connectivity index (χ4n) is 5.62. The normalized spacial score (nSPS) is 24.3. The molecule has 2 aliphatic rings. The van der Waals surface area contributed by atoms with E-state index in [1.165, 1.54) is 0 Å². The van der Waals surface area contributed by atoms with Gasteiger partial charge >= 0.3 is 6.09 Å². The van der Waals surface area contributed by atoms with Gasteiger partial charge < -0.3 is 14.4 Å². The number of rotatable bonds is 8. The summed E-state index contributed by atoms with van der Waals surface area (Å²) in [4.78, 5) is 19.2. The zero-order chi connectivity index (χ0) is 25.1. The van der Waals surface area contributed by atoms with Gasteiger partial charge in [0.1, 0.15) is 5.60 Å². The van der Waals surface area contributed by atoms with E-state index in [4.69, 9.17) is 21.6 Å². The number of amides is 1. The number of ether oxygens (including phenoxy) is 1. The Morgan fingerprint density at radius 2 is 2.20 bits per heavy atom. The summed E-state index contributed by atoms with van der Waals surface area (Å²) in [6, 6.07) is 7.78. The number of hydrogen-bond donors (Lipinski definition) is 1.